The third-order valence-corrected chi connectivity index (χ3v) is 3.30. The van der Waals surface area contributed by atoms with E-state index in [1.807, 2.05) is 0 Å². The first-order valence-electron chi connectivity index (χ1n) is 6.44. The van der Waals surface area contributed by atoms with Crippen molar-refractivity contribution in [1.29, 1.82) is 0 Å². The van der Waals surface area contributed by atoms with E-state index in [4.69, 9.17) is 4.74 Å². The summed E-state index contributed by atoms with van der Waals surface area (Å²) in [5.74, 6) is -0.938. The first-order valence-corrected chi connectivity index (χ1v) is 6.44. The third-order valence-electron chi connectivity index (χ3n) is 3.30. The number of benzene rings is 1. The molecule has 0 spiro atoms. The third kappa shape index (κ3) is 3.23. The number of halogens is 1. The van der Waals surface area contributed by atoms with Gasteiger partial charge in [-0.2, -0.15) is 0 Å². The van der Waals surface area contributed by atoms with Crippen molar-refractivity contribution in [2.24, 2.45) is 0 Å². The van der Waals surface area contributed by atoms with Crippen molar-refractivity contribution >= 4 is 18.0 Å². The normalized spacial score (nSPS) is 18.5. The van der Waals surface area contributed by atoms with Crippen molar-refractivity contribution in [1.82, 2.24) is 4.90 Å². The van der Waals surface area contributed by atoms with E-state index < -0.39 is 6.04 Å². The first-order chi connectivity index (χ1) is 9.61. The zero-order chi connectivity index (χ0) is 14.5. The molecule has 1 saturated heterocycles. The summed E-state index contributed by atoms with van der Waals surface area (Å²) in [6, 6.07) is 5.33. The number of carbonyl (C=O) groups excluding carboxylic acids is 2. The number of amides is 1. The van der Waals surface area contributed by atoms with Crippen LogP contribution in [0, 0.1) is 5.82 Å². The highest BCUT2D eigenvalue weighted by molar-refractivity contribution is 5.95. The van der Waals surface area contributed by atoms with E-state index in [-0.39, 0.29) is 17.7 Å². The monoisotopic (exact) mass is 277 g/mol. The van der Waals surface area contributed by atoms with Crippen molar-refractivity contribution in [2.75, 3.05) is 13.7 Å². The highest BCUT2D eigenvalue weighted by atomic mass is 19.1. The van der Waals surface area contributed by atoms with E-state index in [0.29, 0.717) is 13.0 Å². The summed E-state index contributed by atoms with van der Waals surface area (Å²) in [5.41, 5.74) is 0.730. The Labute approximate surface area is 116 Å². The molecule has 0 N–H and O–H groups in total. The second-order valence-electron chi connectivity index (χ2n) is 4.60. The molecule has 0 saturated carbocycles. The number of esters is 1. The molecule has 1 aliphatic heterocycles. The minimum absolute atomic E-state index is 0.234. The fourth-order valence-corrected chi connectivity index (χ4v) is 2.25. The van der Waals surface area contributed by atoms with Gasteiger partial charge in [0.15, 0.2) is 0 Å². The maximum atomic E-state index is 12.8. The van der Waals surface area contributed by atoms with E-state index in [0.717, 1.165) is 12.0 Å². The van der Waals surface area contributed by atoms with Crippen molar-refractivity contribution in [3.05, 3.63) is 41.7 Å². The van der Waals surface area contributed by atoms with Gasteiger partial charge < -0.3 is 9.64 Å². The smallest absolute Gasteiger partial charge is 0.328 e. The molecule has 1 heterocycles. The molecule has 1 fully saturated rings. The molecule has 4 nitrogen and oxygen atoms in total. The molecule has 1 aromatic rings. The molecular formula is C15H16FNO3. The predicted octanol–water partition coefficient (Wildman–Crippen LogP) is 2.00. The van der Waals surface area contributed by atoms with Crippen LogP contribution in [0.4, 0.5) is 4.39 Å². The van der Waals surface area contributed by atoms with Gasteiger partial charge in [0.05, 0.1) is 7.11 Å². The van der Waals surface area contributed by atoms with Gasteiger partial charge in [-0.05, 0) is 36.6 Å². The Kier molecular flexibility index (Phi) is 4.50. The van der Waals surface area contributed by atoms with Gasteiger partial charge in [-0.3, -0.25) is 4.79 Å². The number of hydrogen-bond acceptors (Lipinski definition) is 3. The number of hydrogen-bond donors (Lipinski definition) is 0. The van der Waals surface area contributed by atoms with Crippen LogP contribution in [0.1, 0.15) is 18.4 Å². The molecule has 106 valence electrons. The topological polar surface area (TPSA) is 46.6 Å². The Balaban J connectivity index is 2.04. The van der Waals surface area contributed by atoms with Crippen molar-refractivity contribution in [3.63, 3.8) is 0 Å². The highest BCUT2D eigenvalue weighted by Gasteiger charge is 2.33. The number of nitrogens with zero attached hydrogens (tertiary/aromatic N) is 1. The lowest BCUT2D eigenvalue weighted by Gasteiger charge is -2.20. The van der Waals surface area contributed by atoms with Crippen molar-refractivity contribution in [2.45, 2.75) is 18.9 Å². The molecule has 0 aromatic heterocycles. The summed E-state index contributed by atoms with van der Waals surface area (Å²) in [4.78, 5) is 25.1. The number of likely N-dealkylation sites (tertiary alicyclic amines) is 1. The van der Waals surface area contributed by atoms with Crippen LogP contribution in [0.2, 0.25) is 0 Å². The Bertz CT molecular complexity index is 524. The Morgan fingerprint density at radius 3 is 2.70 bits per heavy atom. The van der Waals surface area contributed by atoms with Gasteiger partial charge in [0.2, 0.25) is 5.91 Å². The standard InChI is InChI=1S/C15H16FNO3/c1-20-15(19)13-3-2-10-17(13)14(18)9-6-11-4-7-12(16)8-5-11/h4-9,13H,2-3,10H2,1H3/b9-6+. The molecule has 5 heteroatoms. The minimum Gasteiger partial charge on any atom is -0.467 e. The lowest BCUT2D eigenvalue weighted by atomic mass is 10.2. The fourth-order valence-electron chi connectivity index (χ4n) is 2.25. The van der Waals surface area contributed by atoms with E-state index in [1.54, 1.807) is 18.2 Å². The summed E-state index contributed by atoms with van der Waals surface area (Å²) in [6.07, 6.45) is 4.42. The van der Waals surface area contributed by atoms with Crippen molar-refractivity contribution in [3.8, 4) is 0 Å². The minimum atomic E-state index is -0.495. The van der Waals surface area contributed by atoms with Gasteiger partial charge in [0, 0.05) is 12.6 Å². The van der Waals surface area contributed by atoms with Crippen LogP contribution >= 0.6 is 0 Å². The molecule has 2 rings (SSSR count). The van der Waals surface area contributed by atoms with Crippen LogP contribution in [-0.4, -0.2) is 36.5 Å². The average molecular weight is 277 g/mol. The first kappa shape index (κ1) is 14.2. The van der Waals surface area contributed by atoms with Crippen LogP contribution in [-0.2, 0) is 14.3 Å². The van der Waals surface area contributed by atoms with E-state index >= 15 is 0 Å². The molecule has 1 amide bonds. The summed E-state index contributed by atoms with van der Waals surface area (Å²) in [5, 5.41) is 0. The van der Waals surface area contributed by atoms with Crippen LogP contribution < -0.4 is 0 Å². The van der Waals surface area contributed by atoms with Gasteiger partial charge in [-0.1, -0.05) is 12.1 Å². The van der Waals surface area contributed by atoms with E-state index in [1.165, 1.54) is 30.2 Å². The van der Waals surface area contributed by atoms with Crippen LogP contribution in [0.15, 0.2) is 30.3 Å². The van der Waals surface area contributed by atoms with Gasteiger partial charge in [0.1, 0.15) is 11.9 Å². The van der Waals surface area contributed by atoms with Crippen LogP contribution in [0.3, 0.4) is 0 Å². The maximum Gasteiger partial charge on any atom is 0.328 e. The summed E-state index contributed by atoms with van der Waals surface area (Å²) < 4.78 is 17.5. The molecule has 1 aliphatic rings. The van der Waals surface area contributed by atoms with Gasteiger partial charge in [-0.15, -0.1) is 0 Å². The highest BCUT2D eigenvalue weighted by Crippen LogP contribution is 2.19. The fraction of sp³-hybridized carbons (Fsp3) is 0.333. The molecular weight excluding hydrogens is 261 g/mol. The molecule has 1 unspecified atom stereocenters. The largest absolute Gasteiger partial charge is 0.467 e. The molecule has 20 heavy (non-hydrogen) atoms. The van der Waals surface area contributed by atoms with Crippen LogP contribution in [0.25, 0.3) is 6.08 Å². The number of rotatable bonds is 3. The second kappa shape index (κ2) is 6.32. The van der Waals surface area contributed by atoms with Gasteiger partial charge in [0.25, 0.3) is 0 Å². The SMILES string of the molecule is COC(=O)C1CCCN1C(=O)/C=C/c1ccc(F)cc1. The Hall–Kier alpha value is -2.17. The molecule has 0 radical (unpaired) electrons. The van der Waals surface area contributed by atoms with Gasteiger partial charge >= 0.3 is 5.97 Å². The molecule has 0 aliphatic carbocycles. The van der Waals surface area contributed by atoms with Crippen molar-refractivity contribution < 1.29 is 18.7 Å². The van der Waals surface area contributed by atoms with Gasteiger partial charge in [-0.25, -0.2) is 9.18 Å². The number of ether oxygens (including phenoxy) is 1. The van der Waals surface area contributed by atoms with E-state index in [9.17, 15) is 14.0 Å². The average Bonchev–Trinajstić information content (AvgIpc) is 2.95. The molecule has 0 bridgehead atoms. The Morgan fingerprint density at radius 1 is 1.35 bits per heavy atom. The summed E-state index contributed by atoms with van der Waals surface area (Å²) in [7, 11) is 1.32. The molecule has 1 atom stereocenters. The maximum absolute atomic E-state index is 12.8. The quantitative estimate of drug-likeness (QED) is 0.627. The lowest BCUT2D eigenvalue weighted by molar-refractivity contribution is -0.149. The summed E-state index contributed by atoms with van der Waals surface area (Å²) in [6.45, 7) is 0.548. The number of carbonyl (C=O) groups is 2. The Morgan fingerprint density at radius 2 is 2.05 bits per heavy atom. The zero-order valence-electron chi connectivity index (χ0n) is 11.2. The van der Waals surface area contributed by atoms with Crippen LogP contribution in [0.5, 0.6) is 0 Å². The van der Waals surface area contributed by atoms with E-state index in [2.05, 4.69) is 0 Å². The zero-order valence-corrected chi connectivity index (χ0v) is 11.2. The number of methoxy groups -OCH3 is 1. The lowest BCUT2D eigenvalue weighted by Crippen LogP contribution is -2.40. The predicted molar refractivity (Wildman–Crippen MR) is 72.2 cm³/mol. The second-order valence-corrected chi connectivity index (χ2v) is 4.60. The summed E-state index contributed by atoms with van der Waals surface area (Å²) >= 11 is 0. The molecule has 1 aromatic carbocycles.